The van der Waals surface area contributed by atoms with E-state index in [4.69, 9.17) is 0 Å². The first-order valence-corrected chi connectivity index (χ1v) is 4.29. The van der Waals surface area contributed by atoms with E-state index in [1.54, 1.807) is 13.8 Å². The molecule has 6 heteroatoms. The summed E-state index contributed by atoms with van der Waals surface area (Å²) in [6, 6.07) is -0.833. The summed E-state index contributed by atoms with van der Waals surface area (Å²) in [6.45, 7) is 4.99. The summed E-state index contributed by atoms with van der Waals surface area (Å²) in [4.78, 5) is 21.2. The molecule has 0 saturated heterocycles. The zero-order chi connectivity index (χ0) is 11.1. The van der Waals surface area contributed by atoms with Gasteiger partial charge < -0.3 is 20.0 Å². The fraction of sp³-hybridized carbons (Fsp3) is 0.556. The van der Waals surface area contributed by atoms with Gasteiger partial charge in [0.15, 0.2) is 0 Å². The van der Waals surface area contributed by atoms with E-state index in [1.807, 2.05) is 0 Å². The van der Waals surface area contributed by atoms with Gasteiger partial charge in [0.05, 0.1) is 18.6 Å². The normalized spacial score (nSPS) is 12.3. The van der Waals surface area contributed by atoms with Crippen LogP contribution in [0.5, 0.6) is 0 Å². The first kappa shape index (κ1) is 16.9. The van der Waals surface area contributed by atoms with Crippen LogP contribution in [-0.4, -0.2) is 24.6 Å². The van der Waals surface area contributed by atoms with Crippen LogP contribution in [0.3, 0.4) is 0 Å². The van der Waals surface area contributed by atoms with Gasteiger partial charge in [0.25, 0.3) is 0 Å². The predicted octanol–water partition coefficient (Wildman–Crippen LogP) is -3.81. The molecule has 15 heavy (non-hydrogen) atoms. The third kappa shape index (κ3) is 8.47. The number of allylic oxidation sites excluding steroid dienone is 1. The number of carbonyl (C=O) groups is 2. The van der Waals surface area contributed by atoms with E-state index in [9.17, 15) is 14.7 Å². The number of carbonyl (C=O) groups excluding carboxylic acids is 2. The van der Waals surface area contributed by atoms with Gasteiger partial charge >= 0.3 is 35.5 Å². The van der Waals surface area contributed by atoms with Crippen molar-refractivity contribution in [3.8, 4) is 0 Å². The summed E-state index contributed by atoms with van der Waals surface area (Å²) < 4.78 is 4.64. The molecule has 0 saturated carbocycles. The number of aliphatic carboxylic acids is 1. The van der Waals surface area contributed by atoms with Crippen LogP contribution < -0.4 is 40.0 Å². The molecule has 0 amide bonds. The summed E-state index contributed by atoms with van der Waals surface area (Å²) in [7, 11) is 0. The molecule has 0 aromatic carbocycles. The molecule has 1 N–H and O–H groups in total. The van der Waals surface area contributed by atoms with Crippen molar-refractivity contribution in [3.05, 3.63) is 11.8 Å². The Kier molecular flexibility index (Phi) is 9.87. The van der Waals surface area contributed by atoms with Gasteiger partial charge in [-0.25, -0.2) is 4.79 Å². The molecule has 0 heterocycles. The van der Waals surface area contributed by atoms with E-state index in [0.29, 0.717) is 12.3 Å². The Morgan fingerprint density at radius 3 is 2.47 bits per heavy atom. The van der Waals surface area contributed by atoms with E-state index >= 15 is 0 Å². The van der Waals surface area contributed by atoms with Crippen molar-refractivity contribution in [2.75, 3.05) is 6.61 Å². The van der Waals surface area contributed by atoms with Crippen LogP contribution in [0.25, 0.3) is 0 Å². The first-order chi connectivity index (χ1) is 6.47. The van der Waals surface area contributed by atoms with E-state index in [1.165, 1.54) is 13.0 Å². The number of carboxylic acids is 1. The summed E-state index contributed by atoms with van der Waals surface area (Å²) in [5.74, 6) is -1.72. The second-order valence-corrected chi connectivity index (χ2v) is 2.76. The van der Waals surface area contributed by atoms with Gasteiger partial charge in [-0.1, -0.05) is 0 Å². The molecule has 0 fully saturated rings. The molecule has 5 nitrogen and oxygen atoms in total. The molecule has 0 aromatic heterocycles. The summed E-state index contributed by atoms with van der Waals surface area (Å²) >= 11 is 0. The second-order valence-electron chi connectivity index (χ2n) is 2.76. The summed E-state index contributed by atoms with van der Waals surface area (Å²) in [5.41, 5.74) is 0.431. The largest absolute Gasteiger partial charge is 1.00 e. The standard InChI is InChI=1S/C9H15NO4.Na/c1-4-14-8(11)5-6(2)10-7(3)9(12)13;/h5,7,10H,4H2,1-3H3,(H,12,13);/q;+1/p-1/t7-;/m0./s1. The van der Waals surface area contributed by atoms with E-state index in [0.717, 1.165) is 0 Å². The third-order valence-corrected chi connectivity index (χ3v) is 1.42. The van der Waals surface area contributed by atoms with Crippen LogP contribution >= 0.6 is 0 Å². The molecule has 0 aliphatic carbocycles. The molecule has 0 unspecified atom stereocenters. The van der Waals surface area contributed by atoms with E-state index in [2.05, 4.69) is 10.1 Å². The predicted molar refractivity (Wildman–Crippen MR) is 48.0 cm³/mol. The Bertz CT molecular complexity index is 252. The van der Waals surface area contributed by atoms with Crippen molar-refractivity contribution in [1.29, 1.82) is 0 Å². The van der Waals surface area contributed by atoms with Gasteiger partial charge in [0.1, 0.15) is 0 Å². The van der Waals surface area contributed by atoms with Gasteiger partial charge in [0.2, 0.25) is 0 Å². The van der Waals surface area contributed by atoms with Crippen LogP contribution in [0.4, 0.5) is 0 Å². The Hall–Kier alpha value is -0.520. The molecule has 1 atom stereocenters. The number of ether oxygens (including phenoxy) is 1. The Labute approximate surface area is 111 Å². The SMILES string of the molecule is CCOC(=O)C=C(C)N[C@@H](C)C(=O)[O-].[Na+]. The van der Waals surface area contributed by atoms with Crippen molar-refractivity contribution in [2.45, 2.75) is 26.8 Å². The van der Waals surface area contributed by atoms with Crippen LogP contribution in [0, 0.1) is 0 Å². The molecule has 80 valence electrons. The smallest absolute Gasteiger partial charge is 0.548 e. The van der Waals surface area contributed by atoms with Crippen molar-refractivity contribution in [3.63, 3.8) is 0 Å². The van der Waals surface area contributed by atoms with Crippen LogP contribution in [-0.2, 0) is 14.3 Å². The average molecular weight is 223 g/mol. The van der Waals surface area contributed by atoms with Crippen molar-refractivity contribution in [2.24, 2.45) is 0 Å². The minimum Gasteiger partial charge on any atom is -0.548 e. The van der Waals surface area contributed by atoms with Crippen molar-refractivity contribution < 1.29 is 49.0 Å². The van der Waals surface area contributed by atoms with E-state index in [-0.39, 0.29) is 29.6 Å². The number of nitrogens with one attached hydrogen (secondary N) is 1. The summed E-state index contributed by atoms with van der Waals surface area (Å²) in [5, 5.41) is 12.9. The van der Waals surface area contributed by atoms with Crippen LogP contribution in [0.15, 0.2) is 11.8 Å². The average Bonchev–Trinajstić information content (AvgIpc) is 2.03. The molecule has 0 bridgehead atoms. The van der Waals surface area contributed by atoms with Crippen molar-refractivity contribution >= 4 is 11.9 Å². The first-order valence-electron chi connectivity index (χ1n) is 4.29. The zero-order valence-electron chi connectivity index (χ0n) is 9.49. The van der Waals surface area contributed by atoms with Gasteiger partial charge in [0, 0.05) is 11.8 Å². The molecular weight excluding hydrogens is 209 g/mol. The fourth-order valence-electron chi connectivity index (χ4n) is 0.803. The monoisotopic (exact) mass is 223 g/mol. The number of hydrogen-bond acceptors (Lipinski definition) is 5. The zero-order valence-corrected chi connectivity index (χ0v) is 11.5. The maximum Gasteiger partial charge on any atom is 1.00 e. The van der Waals surface area contributed by atoms with Gasteiger partial charge in [-0.3, -0.25) is 0 Å². The third-order valence-electron chi connectivity index (χ3n) is 1.42. The van der Waals surface area contributed by atoms with Crippen LogP contribution in [0.2, 0.25) is 0 Å². The molecule has 0 aromatic rings. The van der Waals surface area contributed by atoms with Gasteiger partial charge in [-0.05, 0) is 20.8 Å². The van der Waals surface area contributed by atoms with Crippen LogP contribution in [0.1, 0.15) is 20.8 Å². The van der Waals surface area contributed by atoms with E-state index < -0.39 is 18.0 Å². The summed E-state index contributed by atoms with van der Waals surface area (Å²) in [6.07, 6.45) is 1.20. The molecule has 0 aliphatic heterocycles. The maximum atomic E-state index is 10.9. The number of esters is 1. The Morgan fingerprint density at radius 1 is 1.53 bits per heavy atom. The quantitative estimate of drug-likeness (QED) is 0.294. The number of carboxylic acid groups (broad SMARTS) is 1. The van der Waals surface area contributed by atoms with Crippen molar-refractivity contribution in [1.82, 2.24) is 5.32 Å². The topological polar surface area (TPSA) is 78.5 Å². The minimum atomic E-state index is -1.22. The molecular formula is C9H14NNaO4. The van der Waals surface area contributed by atoms with Gasteiger partial charge in [-0.15, -0.1) is 0 Å². The molecule has 0 radical (unpaired) electrons. The maximum absolute atomic E-state index is 10.9. The molecule has 0 spiro atoms. The molecule has 0 aliphatic rings. The minimum absolute atomic E-state index is 0. The fourth-order valence-corrected chi connectivity index (χ4v) is 0.803. The Balaban J connectivity index is 0. The number of rotatable bonds is 5. The Morgan fingerprint density at radius 2 is 2.07 bits per heavy atom. The molecule has 0 rings (SSSR count). The second kappa shape index (κ2) is 8.76. The number of hydrogen-bond donors (Lipinski definition) is 1. The van der Waals surface area contributed by atoms with Gasteiger partial charge in [-0.2, -0.15) is 0 Å².